The first-order valence-electron chi connectivity index (χ1n) is 3.86. The fourth-order valence-electron chi connectivity index (χ4n) is 0.968. The first-order chi connectivity index (χ1) is 6.45. The van der Waals surface area contributed by atoms with E-state index in [1.165, 1.54) is 0 Å². The molecule has 1 rings (SSSR count). The lowest BCUT2D eigenvalue weighted by Gasteiger charge is -1.97. The average Bonchev–Trinajstić information content (AvgIpc) is 2.03. The van der Waals surface area contributed by atoms with Crippen LogP contribution in [0.15, 0.2) is 24.3 Å². The van der Waals surface area contributed by atoms with Crippen LogP contribution in [0.4, 0.5) is 0 Å². The largest absolute Gasteiger partial charge is 0.692 e. The molecule has 0 fully saturated rings. The maximum atomic E-state index is 10.9. The van der Waals surface area contributed by atoms with Crippen molar-refractivity contribution in [3.63, 3.8) is 0 Å². The first-order valence-corrected chi connectivity index (χ1v) is 5.03. The van der Waals surface area contributed by atoms with Gasteiger partial charge < -0.3 is 0 Å². The second-order valence-corrected chi connectivity index (χ2v) is 3.13. The Kier molecular flexibility index (Phi) is 5.88. The standard InChI is InChI=1S/C9H10O.HO3P/c1-7-5-3-4-6-9(7)8(2)10;1-4(2)3/h3-6H,1-2H3;(H-,1,2,3)/p+1. The van der Waals surface area contributed by atoms with E-state index >= 15 is 0 Å². The van der Waals surface area contributed by atoms with Crippen LogP contribution < -0.4 is 0 Å². The van der Waals surface area contributed by atoms with Crippen LogP contribution in [0.1, 0.15) is 22.8 Å². The van der Waals surface area contributed by atoms with Crippen molar-refractivity contribution in [3.05, 3.63) is 35.4 Å². The van der Waals surface area contributed by atoms with Gasteiger partial charge in [-0.3, -0.25) is 4.79 Å². The number of ketones is 1. The van der Waals surface area contributed by atoms with Crippen molar-refractivity contribution >= 4 is 14.0 Å². The molecule has 1 aromatic rings. The van der Waals surface area contributed by atoms with Crippen LogP contribution in [0, 0.1) is 6.92 Å². The number of hydrogen-bond acceptors (Lipinski definition) is 2. The summed E-state index contributed by atoms with van der Waals surface area (Å²) in [6.07, 6.45) is 0. The fraction of sp³-hybridized carbons (Fsp3) is 0.222. The van der Waals surface area contributed by atoms with Gasteiger partial charge in [0.05, 0.1) is 0 Å². The lowest BCUT2D eigenvalue weighted by molar-refractivity contribution is 0.101. The molecular formula is C9H12O4P+. The van der Waals surface area contributed by atoms with Crippen LogP contribution in [0.3, 0.4) is 0 Å². The van der Waals surface area contributed by atoms with E-state index in [-0.39, 0.29) is 5.78 Å². The van der Waals surface area contributed by atoms with Gasteiger partial charge in [0.2, 0.25) is 0 Å². The molecular weight excluding hydrogens is 203 g/mol. The number of carbonyl (C=O) groups is 1. The Labute approximate surface area is 83.2 Å². The van der Waals surface area contributed by atoms with Crippen molar-refractivity contribution < 1.29 is 19.1 Å². The summed E-state index contributed by atoms with van der Waals surface area (Å²) >= 11 is 0. The van der Waals surface area contributed by atoms with E-state index in [4.69, 9.17) is 14.4 Å². The third kappa shape index (κ3) is 5.54. The minimum atomic E-state index is -2.87. The lowest BCUT2D eigenvalue weighted by Crippen LogP contribution is -1.93. The van der Waals surface area contributed by atoms with E-state index in [9.17, 15) is 4.79 Å². The molecule has 1 aromatic carbocycles. The summed E-state index contributed by atoms with van der Waals surface area (Å²) in [7, 11) is -2.87. The second-order valence-electron chi connectivity index (χ2n) is 2.62. The summed E-state index contributed by atoms with van der Waals surface area (Å²) in [5.74, 6) is 0.137. The fourth-order valence-corrected chi connectivity index (χ4v) is 0.968. The van der Waals surface area contributed by atoms with Crippen LogP contribution >= 0.6 is 8.25 Å². The molecule has 0 aliphatic heterocycles. The monoisotopic (exact) mass is 215 g/mol. The van der Waals surface area contributed by atoms with Gasteiger partial charge in [0.15, 0.2) is 5.78 Å². The molecule has 0 spiro atoms. The quantitative estimate of drug-likeness (QED) is 0.553. The number of benzene rings is 1. The van der Waals surface area contributed by atoms with Gasteiger partial charge >= 0.3 is 8.25 Å². The van der Waals surface area contributed by atoms with Crippen molar-refractivity contribution in [2.75, 3.05) is 0 Å². The summed E-state index contributed by atoms with van der Waals surface area (Å²) in [5.41, 5.74) is 1.87. The highest BCUT2D eigenvalue weighted by atomic mass is 31.1. The molecule has 0 saturated carbocycles. The molecule has 2 N–H and O–H groups in total. The smallest absolute Gasteiger partial charge is 0.295 e. The van der Waals surface area contributed by atoms with E-state index < -0.39 is 8.25 Å². The van der Waals surface area contributed by atoms with Gasteiger partial charge in [-0.25, -0.2) is 0 Å². The maximum Gasteiger partial charge on any atom is 0.692 e. The molecule has 0 atom stereocenters. The predicted molar refractivity (Wildman–Crippen MR) is 53.2 cm³/mol. The normalized spacial score (nSPS) is 8.57. The van der Waals surface area contributed by atoms with E-state index in [1.807, 2.05) is 31.2 Å². The Balaban J connectivity index is 0.000000364. The van der Waals surface area contributed by atoms with Crippen LogP contribution in [-0.4, -0.2) is 15.6 Å². The van der Waals surface area contributed by atoms with Gasteiger partial charge in [-0.15, -0.1) is 9.79 Å². The molecule has 0 bridgehead atoms. The van der Waals surface area contributed by atoms with Crippen LogP contribution in [0.5, 0.6) is 0 Å². The molecule has 5 heteroatoms. The topological polar surface area (TPSA) is 74.6 Å². The van der Waals surface area contributed by atoms with Gasteiger partial charge in [-0.1, -0.05) is 24.3 Å². The van der Waals surface area contributed by atoms with Crippen molar-refractivity contribution in [1.82, 2.24) is 0 Å². The Morgan fingerprint density at radius 3 is 2.00 bits per heavy atom. The summed E-state index contributed by atoms with van der Waals surface area (Å²) < 4.78 is 8.70. The molecule has 0 aliphatic carbocycles. The molecule has 0 unspecified atom stereocenters. The highest BCUT2D eigenvalue weighted by molar-refractivity contribution is 7.30. The zero-order valence-electron chi connectivity index (χ0n) is 7.97. The van der Waals surface area contributed by atoms with Crippen LogP contribution in [0.25, 0.3) is 0 Å². The van der Waals surface area contributed by atoms with Crippen LogP contribution in [-0.2, 0) is 4.57 Å². The Morgan fingerprint density at radius 1 is 1.29 bits per heavy atom. The minimum absolute atomic E-state index is 0.137. The number of aryl methyl sites for hydroxylation is 1. The number of Topliss-reactive ketones (excluding diaryl/α,β-unsaturated/α-hetero) is 1. The molecule has 0 radical (unpaired) electrons. The predicted octanol–water partition coefficient (Wildman–Crippen LogP) is 1.83. The summed E-state index contributed by atoms with van der Waals surface area (Å²) in [6, 6.07) is 7.60. The molecule has 14 heavy (non-hydrogen) atoms. The van der Waals surface area contributed by atoms with Gasteiger partial charge in [0.1, 0.15) is 0 Å². The van der Waals surface area contributed by atoms with E-state index in [0.29, 0.717) is 0 Å². The van der Waals surface area contributed by atoms with Gasteiger partial charge in [0.25, 0.3) is 0 Å². The number of carbonyl (C=O) groups excluding carboxylic acids is 1. The number of hydrogen-bond donors (Lipinski definition) is 2. The third-order valence-electron chi connectivity index (χ3n) is 1.52. The van der Waals surface area contributed by atoms with Crippen LogP contribution in [0.2, 0.25) is 0 Å². The third-order valence-corrected chi connectivity index (χ3v) is 1.52. The van der Waals surface area contributed by atoms with Crippen molar-refractivity contribution in [1.29, 1.82) is 0 Å². The van der Waals surface area contributed by atoms with Crippen molar-refractivity contribution in [2.24, 2.45) is 0 Å². The molecule has 4 nitrogen and oxygen atoms in total. The van der Waals surface area contributed by atoms with E-state index in [0.717, 1.165) is 11.1 Å². The second kappa shape index (κ2) is 6.38. The summed E-state index contributed by atoms with van der Waals surface area (Å²) in [6.45, 7) is 3.53. The van der Waals surface area contributed by atoms with E-state index in [2.05, 4.69) is 0 Å². The maximum absolute atomic E-state index is 10.9. The Bertz CT molecular complexity index is 331. The molecule has 0 amide bonds. The van der Waals surface area contributed by atoms with Gasteiger partial charge in [-0.2, -0.15) is 0 Å². The van der Waals surface area contributed by atoms with Crippen molar-refractivity contribution in [3.8, 4) is 0 Å². The minimum Gasteiger partial charge on any atom is -0.295 e. The molecule has 0 aromatic heterocycles. The lowest BCUT2D eigenvalue weighted by atomic mass is 10.1. The summed E-state index contributed by atoms with van der Waals surface area (Å²) in [4.78, 5) is 25.1. The van der Waals surface area contributed by atoms with E-state index in [1.54, 1.807) is 6.92 Å². The zero-order chi connectivity index (χ0) is 11.1. The molecule has 76 valence electrons. The zero-order valence-corrected chi connectivity index (χ0v) is 8.86. The molecule has 0 saturated heterocycles. The SMILES string of the molecule is CC(=O)c1ccccc1C.O=[P+](O)O. The van der Waals surface area contributed by atoms with Crippen molar-refractivity contribution in [2.45, 2.75) is 13.8 Å². The number of rotatable bonds is 1. The molecule has 0 aliphatic rings. The van der Waals surface area contributed by atoms with Gasteiger partial charge in [-0.05, 0) is 19.4 Å². The Morgan fingerprint density at radius 2 is 1.71 bits per heavy atom. The average molecular weight is 215 g/mol. The summed E-state index contributed by atoms with van der Waals surface area (Å²) in [5, 5.41) is 0. The van der Waals surface area contributed by atoms with Gasteiger partial charge in [0, 0.05) is 10.1 Å². The highest BCUT2D eigenvalue weighted by Crippen LogP contribution is 2.06. The highest BCUT2D eigenvalue weighted by Gasteiger charge is 1.99. The molecule has 0 heterocycles. The Hall–Kier alpha value is -1.09. The first kappa shape index (κ1) is 12.9.